The van der Waals surface area contributed by atoms with Crippen molar-refractivity contribution >= 4 is 38.4 Å². The van der Waals surface area contributed by atoms with Gasteiger partial charge in [-0.25, -0.2) is 8.42 Å². The highest BCUT2D eigenvalue weighted by Crippen LogP contribution is 2.41. The molecule has 0 spiro atoms. The van der Waals surface area contributed by atoms with Crippen LogP contribution in [0.4, 0.5) is 11.4 Å². The molecule has 6 nitrogen and oxygen atoms in total. The molecule has 1 atom stereocenters. The van der Waals surface area contributed by atoms with Crippen LogP contribution in [0.2, 0.25) is 0 Å². The van der Waals surface area contributed by atoms with E-state index in [0.29, 0.717) is 4.90 Å². The van der Waals surface area contributed by atoms with Crippen molar-refractivity contribution in [1.82, 2.24) is 5.32 Å². The summed E-state index contributed by atoms with van der Waals surface area (Å²) in [7, 11) is -3.52. The molecule has 2 aromatic carbocycles. The number of hydrogen-bond donors (Lipinski definition) is 2. The van der Waals surface area contributed by atoms with E-state index >= 15 is 0 Å². The number of quaternary nitrogens is 1. The van der Waals surface area contributed by atoms with E-state index in [1.807, 2.05) is 12.1 Å². The first-order chi connectivity index (χ1) is 23.1. The number of fused-ring (bicyclic) bond motifs is 4. The molecule has 2 bridgehead atoms. The number of anilines is 2. The summed E-state index contributed by atoms with van der Waals surface area (Å²) in [5, 5.41) is 7.59. The molecular formula is C40H63BrN4O2S2. The molecule has 1 unspecified atom stereocenters. The fourth-order valence-corrected chi connectivity index (χ4v) is 11.1. The van der Waals surface area contributed by atoms with Gasteiger partial charge in [0.15, 0.2) is 9.84 Å². The number of nitrogens with zero attached hydrogens (tertiary/aromatic N) is 2. The van der Waals surface area contributed by atoms with E-state index in [-0.39, 0.29) is 28.8 Å². The van der Waals surface area contributed by atoms with Gasteiger partial charge in [-0.15, -0.1) is 0 Å². The molecule has 0 aliphatic carbocycles. The van der Waals surface area contributed by atoms with Gasteiger partial charge >= 0.3 is 0 Å². The molecule has 2 aromatic rings. The number of benzene rings is 2. The third-order valence-electron chi connectivity index (χ3n) is 11.8. The van der Waals surface area contributed by atoms with Crippen LogP contribution < -0.4 is 32.5 Å². The molecule has 49 heavy (non-hydrogen) atoms. The Balaban J connectivity index is 0.00000541. The van der Waals surface area contributed by atoms with Crippen molar-refractivity contribution in [3.63, 3.8) is 0 Å². The third-order valence-corrected chi connectivity index (χ3v) is 14.1. The average molecular weight is 776 g/mol. The van der Waals surface area contributed by atoms with Crippen LogP contribution in [0.3, 0.4) is 0 Å². The van der Waals surface area contributed by atoms with Gasteiger partial charge in [0.1, 0.15) is 0 Å². The van der Waals surface area contributed by atoms with Gasteiger partial charge in [0.05, 0.1) is 47.9 Å². The van der Waals surface area contributed by atoms with Crippen molar-refractivity contribution in [2.45, 2.75) is 128 Å². The number of thiocarbonyl (C=S) groups is 1. The second kappa shape index (κ2) is 18.3. The Morgan fingerprint density at radius 2 is 1.59 bits per heavy atom. The maximum Gasteiger partial charge on any atom is 0.180 e. The van der Waals surface area contributed by atoms with E-state index < -0.39 is 15.4 Å². The van der Waals surface area contributed by atoms with Crippen LogP contribution in [0.15, 0.2) is 47.4 Å². The first-order valence-electron chi connectivity index (χ1n) is 19.3. The van der Waals surface area contributed by atoms with E-state index in [0.717, 1.165) is 97.9 Å². The Labute approximate surface area is 314 Å². The van der Waals surface area contributed by atoms with Crippen LogP contribution in [0.25, 0.3) is 0 Å². The average Bonchev–Trinajstić information content (AvgIpc) is 3.19. The molecule has 9 heteroatoms. The highest BCUT2D eigenvalue weighted by atomic mass is 79.9. The van der Waals surface area contributed by atoms with E-state index in [1.54, 1.807) is 0 Å². The van der Waals surface area contributed by atoms with Crippen molar-refractivity contribution in [2.24, 2.45) is 5.92 Å². The molecule has 3 fully saturated rings. The van der Waals surface area contributed by atoms with Crippen LogP contribution in [-0.4, -0.2) is 68.4 Å². The Kier molecular flexibility index (Phi) is 15.0. The number of piperidine rings is 3. The number of rotatable bonds is 17. The van der Waals surface area contributed by atoms with E-state index in [1.165, 1.54) is 62.8 Å². The lowest BCUT2D eigenvalue weighted by Gasteiger charge is -2.49. The minimum absolute atomic E-state index is 0. The lowest BCUT2D eigenvalue weighted by molar-refractivity contribution is -0.942. The molecule has 6 rings (SSSR count). The lowest BCUT2D eigenvalue weighted by atomic mass is 9.85. The largest absolute Gasteiger partial charge is 1.00 e. The summed E-state index contributed by atoms with van der Waals surface area (Å²) >= 11 is 5.87. The van der Waals surface area contributed by atoms with Crippen LogP contribution in [0.5, 0.6) is 0 Å². The quantitative estimate of drug-likeness (QED) is 0.116. The molecule has 4 heterocycles. The number of nitrogens with one attached hydrogen (secondary N) is 2. The molecule has 274 valence electrons. The maximum absolute atomic E-state index is 14.2. The summed E-state index contributed by atoms with van der Waals surface area (Å²) in [5.74, 6) is 1.15. The van der Waals surface area contributed by atoms with E-state index in [4.69, 9.17) is 12.2 Å². The van der Waals surface area contributed by atoms with Crippen molar-refractivity contribution in [3.8, 4) is 0 Å². The summed E-state index contributed by atoms with van der Waals surface area (Å²) in [6.45, 7) is 16.0. The zero-order valence-electron chi connectivity index (χ0n) is 30.7. The van der Waals surface area contributed by atoms with Gasteiger partial charge in [-0.05, 0) is 119 Å². The highest BCUT2D eigenvalue weighted by molar-refractivity contribution is 7.91. The molecular weight excluding hydrogens is 713 g/mol. The SMILES string of the molecule is CCCCC1(CCCC)CS(=O)(=O)c2ccc(N(CC)CC)cc2C(c2cccc(NC(=S)CCCCC[N+]34CCC(CC3)CC4)c2)N1.[Br-]. The second-order valence-corrected chi connectivity index (χ2v) is 17.6. The summed E-state index contributed by atoms with van der Waals surface area (Å²) < 4.78 is 29.8. The van der Waals surface area contributed by atoms with Crippen LogP contribution in [0, 0.1) is 5.92 Å². The van der Waals surface area contributed by atoms with E-state index in [2.05, 4.69) is 73.6 Å². The summed E-state index contributed by atoms with van der Waals surface area (Å²) in [4.78, 5) is 3.66. The predicted molar refractivity (Wildman–Crippen MR) is 207 cm³/mol. The first-order valence-corrected chi connectivity index (χ1v) is 21.4. The van der Waals surface area contributed by atoms with Crippen LogP contribution >= 0.6 is 12.2 Å². The Hall–Kier alpha value is -1.52. The molecule has 0 radical (unpaired) electrons. The number of hydrogen-bond acceptors (Lipinski definition) is 5. The Morgan fingerprint density at radius 1 is 0.918 bits per heavy atom. The minimum Gasteiger partial charge on any atom is -1.00 e. The molecule has 0 saturated carbocycles. The zero-order chi connectivity index (χ0) is 34.2. The molecule has 3 saturated heterocycles. The van der Waals surface area contributed by atoms with Gasteiger partial charge in [0, 0.05) is 30.0 Å². The molecule has 0 aromatic heterocycles. The van der Waals surface area contributed by atoms with Gasteiger partial charge in [-0.1, -0.05) is 63.9 Å². The summed E-state index contributed by atoms with van der Waals surface area (Å²) in [5.41, 5.74) is 3.50. The fraction of sp³-hybridized carbons (Fsp3) is 0.675. The molecule has 2 N–H and O–H groups in total. The van der Waals surface area contributed by atoms with Gasteiger partial charge in [0.25, 0.3) is 0 Å². The summed E-state index contributed by atoms with van der Waals surface area (Å²) in [6.07, 6.45) is 14.6. The van der Waals surface area contributed by atoms with E-state index in [9.17, 15) is 8.42 Å². The van der Waals surface area contributed by atoms with Gasteiger partial charge in [-0.2, -0.15) is 0 Å². The van der Waals surface area contributed by atoms with Crippen LogP contribution in [0.1, 0.15) is 128 Å². The standard InChI is InChI=1S/C40H62N4O2S2.BrH/c1-5-9-23-40(24-10-6-2)31-48(45,46)37-19-18-35(43(7-3)8-4)30-36(37)39(42-40)33-15-14-16-34(29-33)41-38(47)17-12-11-13-25-44-26-20-32(21-27-44)22-28-44;/h14-16,18-19,29-30,32,39,42H,5-13,17,20-28,31H2,1-4H3;1H. The van der Waals surface area contributed by atoms with Crippen LogP contribution in [-0.2, 0) is 9.84 Å². The monoisotopic (exact) mass is 774 g/mol. The molecule has 4 aliphatic heterocycles. The Morgan fingerprint density at radius 3 is 2.22 bits per heavy atom. The van der Waals surface area contributed by atoms with Gasteiger partial charge in [0.2, 0.25) is 0 Å². The Bertz CT molecular complexity index is 1450. The molecule has 0 amide bonds. The maximum atomic E-state index is 14.2. The fourth-order valence-electron chi connectivity index (χ4n) is 8.81. The number of halogens is 1. The van der Waals surface area contributed by atoms with Crippen molar-refractivity contribution in [1.29, 1.82) is 0 Å². The smallest absolute Gasteiger partial charge is 0.180 e. The predicted octanol–water partition coefficient (Wildman–Crippen LogP) is 6.05. The number of unbranched alkanes of at least 4 members (excludes halogenated alkanes) is 4. The van der Waals surface area contributed by atoms with Gasteiger partial charge < -0.3 is 31.7 Å². The van der Waals surface area contributed by atoms with Crippen molar-refractivity contribution < 1.29 is 29.9 Å². The first kappa shape index (κ1) is 40.3. The van der Waals surface area contributed by atoms with Crippen molar-refractivity contribution in [2.75, 3.05) is 55.2 Å². The molecule has 4 aliphatic rings. The third kappa shape index (κ3) is 10.1. The minimum atomic E-state index is -3.52. The van der Waals surface area contributed by atoms with Gasteiger partial charge in [-0.3, -0.25) is 5.32 Å². The number of sulfone groups is 1. The lowest BCUT2D eigenvalue weighted by Crippen LogP contribution is -3.00. The normalized spacial score (nSPS) is 23.6. The zero-order valence-corrected chi connectivity index (χ0v) is 34.0. The topological polar surface area (TPSA) is 61.4 Å². The second-order valence-electron chi connectivity index (χ2n) is 15.2. The van der Waals surface area contributed by atoms with Crippen molar-refractivity contribution in [3.05, 3.63) is 53.6 Å². The summed E-state index contributed by atoms with van der Waals surface area (Å²) in [6, 6.07) is 14.3. The highest BCUT2D eigenvalue weighted by Gasteiger charge is 2.43.